The molecule has 0 aliphatic rings. The van der Waals surface area contributed by atoms with E-state index in [4.69, 9.17) is 10.7 Å². The fourth-order valence-electron chi connectivity index (χ4n) is 4.34. The number of ketones is 1. The molecule has 0 spiro atoms. The quantitative estimate of drug-likeness (QED) is 0.426. The summed E-state index contributed by atoms with van der Waals surface area (Å²) in [6.07, 6.45) is 1.83. The molecule has 0 aliphatic heterocycles. The first-order chi connectivity index (χ1) is 17.4. The average Bonchev–Trinajstić information content (AvgIpc) is 3.24. The highest BCUT2D eigenvalue weighted by Crippen LogP contribution is 2.39. The second-order valence-electron chi connectivity index (χ2n) is 10.2. The minimum absolute atomic E-state index is 0.000595. The van der Waals surface area contributed by atoms with Crippen LogP contribution in [0.5, 0.6) is 0 Å². The van der Waals surface area contributed by atoms with E-state index in [9.17, 15) is 23.5 Å². The summed E-state index contributed by atoms with van der Waals surface area (Å²) in [6, 6.07) is 11.3. The van der Waals surface area contributed by atoms with Crippen LogP contribution in [0.4, 0.5) is 8.78 Å². The maximum absolute atomic E-state index is 14.7. The summed E-state index contributed by atoms with van der Waals surface area (Å²) in [5, 5.41) is 9.79. The molecule has 0 radical (unpaired) electrons. The van der Waals surface area contributed by atoms with Crippen molar-refractivity contribution in [1.82, 2.24) is 14.5 Å². The summed E-state index contributed by atoms with van der Waals surface area (Å²) in [5.74, 6) is -1.55. The predicted octanol–water partition coefficient (Wildman–Crippen LogP) is 4.09. The predicted molar refractivity (Wildman–Crippen MR) is 137 cm³/mol. The number of hydrogen-bond donors (Lipinski definition) is 2. The number of halogens is 2. The van der Waals surface area contributed by atoms with Crippen molar-refractivity contribution in [3.8, 4) is 11.3 Å². The van der Waals surface area contributed by atoms with Gasteiger partial charge in [0.25, 0.3) is 0 Å². The van der Waals surface area contributed by atoms with Crippen molar-refractivity contribution in [3.63, 3.8) is 0 Å². The Bertz CT molecular complexity index is 1240. The number of nitrogens with zero attached hydrogens (tertiary/aromatic N) is 3. The number of benzene rings is 2. The third kappa shape index (κ3) is 6.87. The van der Waals surface area contributed by atoms with Crippen molar-refractivity contribution in [1.29, 1.82) is 0 Å². The fourth-order valence-corrected chi connectivity index (χ4v) is 4.34. The molecule has 0 bridgehead atoms. The Hall–Kier alpha value is -3.43. The van der Waals surface area contributed by atoms with Gasteiger partial charge in [-0.25, -0.2) is 13.8 Å². The molecule has 9 heteroatoms. The van der Waals surface area contributed by atoms with Crippen LogP contribution in [0, 0.1) is 17.0 Å². The van der Waals surface area contributed by atoms with Crippen LogP contribution in [0.1, 0.15) is 51.5 Å². The van der Waals surface area contributed by atoms with E-state index >= 15 is 0 Å². The fraction of sp³-hybridized carbons (Fsp3) is 0.393. The van der Waals surface area contributed by atoms with Crippen molar-refractivity contribution in [2.24, 2.45) is 11.1 Å². The highest BCUT2D eigenvalue weighted by Gasteiger charge is 2.38. The van der Waals surface area contributed by atoms with Gasteiger partial charge >= 0.3 is 0 Å². The topological polar surface area (TPSA) is 101 Å². The van der Waals surface area contributed by atoms with Crippen LogP contribution >= 0.6 is 0 Å². The van der Waals surface area contributed by atoms with Crippen molar-refractivity contribution >= 4 is 11.7 Å². The maximum atomic E-state index is 14.7. The summed E-state index contributed by atoms with van der Waals surface area (Å²) < 4.78 is 30.6. The number of amides is 1. The van der Waals surface area contributed by atoms with Gasteiger partial charge in [-0.3, -0.25) is 9.59 Å². The zero-order valence-electron chi connectivity index (χ0n) is 21.6. The third-order valence-corrected chi connectivity index (χ3v) is 6.24. The van der Waals surface area contributed by atoms with Gasteiger partial charge in [-0.05, 0) is 42.5 Å². The normalized spacial score (nSPS) is 13.3. The second kappa shape index (κ2) is 11.7. The molecule has 0 fully saturated rings. The van der Waals surface area contributed by atoms with Gasteiger partial charge in [0.15, 0.2) is 0 Å². The molecule has 0 saturated carbocycles. The molecule has 3 aromatic rings. The average molecular weight is 513 g/mol. The number of hydrogen-bond acceptors (Lipinski definition) is 5. The van der Waals surface area contributed by atoms with Gasteiger partial charge in [-0.2, -0.15) is 0 Å². The van der Waals surface area contributed by atoms with Gasteiger partial charge in [-0.1, -0.05) is 51.1 Å². The Kier molecular flexibility index (Phi) is 8.94. The van der Waals surface area contributed by atoms with Gasteiger partial charge in [0.2, 0.25) is 5.91 Å². The van der Waals surface area contributed by atoms with Crippen LogP contribution in [-0.2, 0) is 16.1 Å². The molecular formula is C28H34F2N4O3. The molecule has 1 heterocycles. The lowest BCUT2D eigenvalue weighted by Crippen LogP contribution is -2.46. The van der Waals surface area contributed by atoms with Crippen molar-refractivity contribution in [2.45, 2.75) is 52.7 Å². The molecule has 198 valence electrons. The van der Waals surface area contributed by atoms with Crippen molar-refractivity contribution in [3.05, 3.63) is 77.8 Å². The first kappa shape index (κ1) is 28.1. The maximum Gasteiger partial charge on any atom is 0.248 e. The van der Waals surface area contributed by atoms with E-state index in [1.807, 2.05) is 55.7 Å². The first-order valence-corrected chi connectivity index (χ1v) is 12.1. The molecule has 7 nitrogen and oxygen atoms in total. The number of rotatable bonds is 10. The SMILES string of the molecule is CC(=O)[C@@H](N)CCN(C(=O)CO)[C@@H](c1nc(-c2cc(F)ccc2F)cn1Cc1ccccc1)C(C)(C)C. The first-order valence-electron chi connectivity index (χ1n) is 12.1. The second-order valence-corrected chi connectivity index (χ2v) is 10.2. The van der Waals surface area contributed by atoms with Crippen LogP contribution in [0.25, 0.3) is 11.3 Å². The largest absolute Gasteiger partial charge is 0.387 e. The molecule has 1 amide bonds. The molecular weight excluding hydrogens is 478 g/mol. The van der Waals surface area contributed by atoms with E-state index in [1.165, 1.54) is 11.8 Å². The van der Waals surface area contributed by atoms with Gasteiger partial charge in [0.05, 0.1) is 17.8 Å². The molecule has 3 rings (SSSR count). The number of nitrogens with two attached hydrogens (primary N) is 1. The molecule has 1 aromatic heterocycles. The van der Waals surface area contributed by atoms with E-state index in [2.05, 4.69) is 0 Å². The van der Waals surface area contributed by atoms with Crippen LogP contribution < -0.4 is 5.73 Å². The number of carbonyl (C=O) groups excluding carboxylic acids is 2. The highest BCUT2D eigenvalue weighted by atomic mass is 19.1. The number of aliphatic hydroxyl groups excluding tert-OH is 1. The summed E-state index contributed by atoms with van der Waals surface area (Å²) >= 11 is 0. The lowest BCUT2D eigenvalue weighted by molar-refractivity contribution is -0.140. The number of imidazole rings is 1. The van der Waals surface area contributed by atoms with Crippen LogP contribution in [0.2, 0.25) is 0 Å². The number of aliphatic hydroxyl groups is 1. The zero-order chi connectivity index (χ0) is 27.3. The smallest absolute Gasteiger partial charge is 0.248 e. The molecule has 0 saturated heterocycles. The van der Waals surface area contributed by atoms with Gasteiger partial charge in [0, 0.05) is 24.8 Å². The lowest BCUT2D eigenvalue weighted by Gasteiger charge is -2.40. The summed E-state index contributed by atoms with van der Waals surface area (Å²) in [5.41, 5.74) is 6.51. The molecule has 2 aromatic carbocycles. The van der Waals surface area contributed by atoms with Crippen molar-refractivity contribution < 1.29 is 23.5 Å². The molecule has 3 N–H and O–H groups in total. The van der Waals surface area contributed by atoms with Crippen LogP contribution in [-0.4, -0.2) is 50.4 Å². The van der Waals surface area contributed by atoms with Crippen LogP contribution in [0.15, 0.2) is 54.7 Å². The summed E-state index contributed by atoms with van der Waals surface area (Å²) in [6.45, 7) is 6.87. The van der Waals surface area contributed by atoms with Gasteiger partial charge < -0.3 is 20.3 Å². The summed E-state index contributed by atoms with van der Waals surface area (Å²) in [4.78, 5) is 31.0. The Labute approximate surface area is 215 Å². The molecule has 0 unspecified atom stereocenters. The number of carbonyl (C=O) groups is 2. The van der Waals surface area contributed by atoms with Gasteiger partial charge in [0.1, 0.15) is 29.8 Å². The third-order valence-electron chi connectivity index (χ3n) is 6.24. The minimum Gasteiger partial charge on any atom is -0.387 e. The molecule has 0 aliphatic carbocycles. The van der Waals surface area contributed by atoms with E-state index in [0.29, 0.717) is 12.4 Å². The Balaban J connectivity index is 2.18. The Morgan fingerprint density at radius 3 is 2.41 bits per heavy atom. The van der Waals surface area contributed by atoms with Gasteiger partial charge in [-0.15, -0.1) is 0 Å². The number of Topliss-reactive ketones (excluding diaryl/α,β-unsaturated/α-hetero) is 1. The van der Waals surface area contributed by atoms with E-state index in [1.54, 1.807) is 6.20 Å². The molecule has 2 atom stereocenters. The standard InChI is InChI=1S/C28H34F2N4O3/c1-18(36)23(31)12-13-34(25(37)17-35)26(28(2,3)4)27-32-24(21-14-20(29)10-11-22(21)30)16-33(27)15-19-8-6-5-7-9-19/h5-11,14,16,23,26,35H,12-13,15,17,31H2,1-4H3/t23-,26-/m0/s1. The monoisotopic (exact) mass is 512 g/mol. The van der Waals surface area contributed by atoms with Crippen molar-refractivity contribution in [2.75, 3.05) is 13.2 Å². The Morgan fingerprint density at radius 2 is 1.81 bits per heavy atom. The summed E-state index contributed by atoms with van der Waals surface area (Å²) in [7, 11) is 0. The van der Waals surface area contributed by atoms with Crippen LogP contribution in [0.3, 0.4) is 0 Å². The zero-order valence-corrected chi connectivity index (χ0v) is 21.6. The minimum atomic E-state index is -0.768. The van der Waals surface area contributed by atoms with E-state index < -0.39 is 41.6 Å². The number of aromatic nitrogens is 2. The molecule has 37 heavy (non-hydrogen) atoms. The Morgan fingerprint density at radius 1 is 1.14 bits per heavy atom. The lowest BCUT2D eigenvalue weighted by atomic mass is 9.84. The van der Waals surface area contributed by atoms with E-state index in [-0.39, 0.29) is 30.0 Å². The highest BCUT2D eigenvalue weighted by molar-refractivity contribution is 5.81. The van der Waals surface area contributed by atoms with E-state index in [0.717, 1.165) is 23.8 Å².